The molecule has 0 aliphatic heterocycles. The number of hydrogen-bond donors (Lipinski definition) is 5. The molecule has 14 heteroatoms. The number of carboxylic acid groups (broad SMARTS) is 1. The molecule has 2 aromatic carbocycles. The van der Waals surface area contributed by atoms with Crippen LogP contribution >= 0.6 is 31.9 Å². The van der Waals surface area contributed by atoms with Crippen LogP contribution in [0.2, 0.25) is 0 Å². The topological polar surface area (TPSA) is 165 Å². The number of nitrogens with zero attached hydrogens (tertiary/aromatic N) is 2. The van der Waals surface area contributed by atoms with Gasteiger partial charge in [0.25, 0.3) is 0 Å². The van der Waals surface area contributed by atoms with E-state index in [9.17, 15) is 9.90 Å². The van der Waals surface area contributed by atoms with Crippen LogP contribution in [0.4, 0.5) is 0 Å². The third kappa shape index (κ3) is 8.53. The van der Waals surface area contributed by atoms with Crippen LogP contribution in [-0.4, -0.2) is 71.3 Å². The van der Waals surface area contributed by atoms with Crippen molar-refractivity contribution in [3.63, 3.8) is 0 Å². The van der Waals surface area contributed by atoms with E-state index in [-0.39, 0.29) is 31.8 Å². The summed E-state index contributed by atoms with van der Waals surface area (Å²) in [6, 6.07) is 16.6. The molecule has 52 heavy (non-hydrogen) atoms. The molecule has 2 aliphatic carbocycles. The Balaban J connectivity index is 1.19. The first-order chi connectivity index (χ1) is 25.2. The highest BCUT2D eigenvalue weighted by molar-refractivity contribution is 9.10. The molecule has 0 radical (unpaired) electrons. The van der Waals surface area contributed by atoms with Gasteiger partial charge in [-0.1, -0.05) is 36.4 Å². The molecule has 4 aromatic rings. The molecule has 0 fully saturated rings. The van der Waals surface area contributed by atoms with Gasteiger partial charge in [-0.25, -0.2) is 0 Å². The van der Waals surface area contributed by atoms with Crippen LogP contribution in [0.15, 0.2) is 57.5 Å². The highest BCUT2D eigenvalue weighted by Crippen LogP contribution is 2.46. The normalized spacial score (nSPS) is 16.7. The van der Waals surface area contributed by atoms with Crippen LogP contribution in [0.25, 0.3) is 11.1 Å². The van der Waals surface area contributed by atoms with Gasteiger partial charge in [0.1, 0.15) is 12.2 Å². The number of aliphatic carboxylic acids is 1. The Hall–Kier alpha value is -3.79. The average Bonchev–Trinajstić information content (AvgIpc) is 3.74. The molecule has 3 atom stereocenters. The van der Waals surface area contributed by atoms with Crippen LogP contribution < -0.4 is 29.6 Å². The van der Waals surface area contributed by atoms with Crippen molar-refractivity contribution < 1.29 is 39.1 Å². The van der Waals surface area contributed by atoms with Gasteiger partial charge in [0, 0.05) is 37.3 Å². The lowest BCUT2D eigenvalue weighted by atomic mass is 9.91. The molecule has 12 nitrogen and oxygen atoms in total. The number of benzene rings is 2. The molecule has 0 bridgehead atoms. The summed E-state index contributed by atoms with van der Waals surface area (Å²) in [5.41, 5.74) is 8.80. The molecule has 0 spiro atoms. The number of ether oxygens (including phenoxy) is 4. The lowest BCUT2D eigenvalue weighted by Crippen LogP contribution is -2.28. The van der Waals surface area contributed by atoms with Gasteiger partial charge in [-0.05, 0) is 103 Å². The summed E-state index contributed by atoms with van der Waals surface area (Å²) in [5, 5.41) is 34.1. The second-order valence-corrected chi connectivity index (χ2v) is 14.4. The average molecular weight is 843 g/mol. The second kappa shape index (κ2) is 17.4. The zero-order valence-corrected chi connectivity index (χ0v) is 32.1. The summed E-state index contributed by atoms with van der Waals surface area (Å²) in [7, 11) is 3.13. The van der Waals surface area contributed by atoms with E-state index in [0.717, 1.165) is 52.4 Å². The number of aromatic nitrogens is 2. The van der Waals surface area contributed by atoms with Crippen molar-refractivity contribution in [1.29, 1.82) is 0 Å². The predicted octanol–water partition coefficient (Wildman–Crippen LogP) is 5.83. The largest absolute Gasteiger partial charge is 0.481 e. The van der Waals surface area contributed by atoms with E-state index in [0.29, 0.717) is 47.6 Å². The smallest absolute Gasteiger partial charge is 0.306 e. The summed E-state index contributed by atoms with van der Waals surface area (Å²) >= 11 is 7.26. The van der Waals surface area contributed by atoms with Gasteiger partial charge < -0.3 is 44.9 Å². The van der Waals surface area contributed by atoms with E-state index in [1.54, 1.807) is 7.11 Å². The minimum Gasteiger partial charge on any atom is -0.481 e. The molecule has 0 amide bonds. The summed E-state index contributed by atoms with van der Waals surface area (Å²) in [5.74, 6) is 0.698. The molecule has 2 aromatic heterocycles. The molecule has 2 heterocycles. The number of aliphatic hydroxyl groups excluding tert-OH is 2. The van der Waals surface area contributed by atoms with Crippen molar-refractivity contribution >= 4 is 37.8 Å². The van der Waals surface area contributed by atoms with Gasteiger partial charge in [0.15, 0.2) is 0 Å². The fraction of sp³-hybridized carbons (Fsp3) is 0.395. The Morgan fingerprint density at radius 1 is 0.827 bits per heavy atom. The number of aliphatic hydroxyl groups is 2. The summed E-state index contributed by atoms with van der Waals surface area (Å²) < 4.78 is 25.6. The summed E-state index contributed by atoms with van der Waals surface area (Å²) in [4.78, 5) is 20.2. The molecule has 1 unspecified atom stereocenters. The van der Waals surface area contributed by atoms with Gasteiger partial charge in [-0.3, -0.25) is 4.79 Å². The van der Waals surface area contributed by atoms with Crippen LogP contribution in [0.5, 0.6) is 23.5 Å². The third-order valence-corrected chi connectivity index (χ3v) is 10.4. The van der Waals surface area contributed by atoms with Crippen molar-refractivity contribution in [2.45, 2.75) is 63.5 Å². The predicted molar refractivity (Wildman–Crippen MR) is 201 cm³/mol. The zero-order valence-electron chi connectivity index (χ0n) is 29.0. The van der Waals surface area contributed by atoms with Crippen molar-refractivity contribution in [3.05, 3.63) is 90.9 Å². The van der Waals surface area contributed by atoms with Crippen LogP contribution in [0.3, 0.4) is 0 Å². The highest BCUT2D eigenvalue weighted by Gasteiger charge is 2.32. The van der Waals surface area contributed by atoms with E-state index >= 15 is 0 Å². The van der Waals surface area contributed by atoms with Crippen molar-refractivity contribution in [2.24, 2.45) is 0 Å². The molecule has 5 N–H and O–H groups in total. The van der Waals surface area contributed by atoms with Gasteiger partial charge in [0.2, 0.25) is 23.5 Å². The van der Waals surface area contributed by atoms with Crippen molar-refractivity contribution in [2.75, 3.05) is 33.9 Å². The molecule has 2 aliphatic rings. The van der Waals surface area contributed by atoms with Crippen LogP contribution in [-0.2, 0) is 30.7 Å². The summed E-state index contributed by atoms with van der Waals surface area (Å²) in [6.45, 7) is 1.48. The zero-order chi connectivity index (χ0) is 36.8. The Kier molecular flexibility index (Phi) is 12.7. The maximum absolute atomic E-state index is 10.9. The Bertz CT molecular complexity index is 1910. The molecule has 0 saturated carbocycles. The first-order valence-electron chi connectivity index (χ1n) is 17.2. The van der Waals surface area contributed by atoms with Gasteiger partial charge in [-0.2, -0.15) is 9.97 Å². The first kappa shape index (κ1) is 38.0. The SMILES string of the molecule is COc1nc(O[C@H]2CCc3c(-c4cccc5c4CC[C@@H]5Oc4nc(OC)c(CNCC(O)CC(=O)O)cc4Br)cccc32)c(Br)cc1CNCCO. The third-order valence-electron chi connectivity index (χ3n) is 9.29. The number of nitrogens with one attached hydrogen (secondary N) is 2. The van der Waals surface area contributed by atoms with Crippen molar-refractivity contribution in [3.8, 4) is 34.6 Å². The van der Waals surface area contributed by atoms with Crippen LogP contribution in [0.1, 0.15) is 64.9 Å². The highest BCUT2D eigenvalue weighted by atomic mass is 79.9. The van der Waals surface area contributed by atoms with Crippen molar-refractivity contribution in [1.82, 2.24) is 20.6 Å². The monoisotopic (exact) mass is 840 g/mol. The van der Waals surface area contributed by atoms with Gasteiger partial charge in [-0.15, -0.1) is 0 Å². The van der Waals surface area contributed by atoms with Gasteiger partial charge >= 0.3 is 5.97 Å². The second-order valence-electron chi connectivity index (χ2n) is 12.7. The fourth-order valence-corrected chi connectivity index (χ4v) is 7.88. The maximum atomic E-state index is 10.9. The van der Waals surface area contributed by atoms with E-state index in [1.165, 1.54) is 29.4 Å². The number of carboxylic acids is 1. The van der Waals surface area contributed by atoms with Crippen LogP contribution in [0, 0.1) is 0 Å². The van der Waals surface area contributed by atoms with Gasteiger partial charge in [0.05, 0.1) is 42.3 Å². The maximum Gasteiger partial charge on any atom is 0.306 e. The van der Waals surface area contributed by atoms with E-state index < -0.39 is 12.1 Å². The summed E-state index contributed by atoms with van der Waals surface area (Å²) in [6.07, 6.45) is 1.63. The standard InChI is InChI=1S/C38H42Br2N4O8/c1-49-35-21(18-41-13-14-45)15-30(39)37(43-35)51-32-11-9-26-24(5-3-7-28(26)32)25-6-4-8-29-27(25)10-12-33(29)52-38-31(40)16-22(36(44-38)50-2)19-42-20-23(46)17-34(47)48/h3-8,15-16,23,32-33,41-42,45-46H,9-14,17-20H2,1-2H3,(H,47,48)/t23?,32-,33-/m0/s1. The number of fused-ring (bicyclic) bond motifs is 2. The van der Waals surface area contributed by atoms with E-state index in [2.05, 4.69) is 88.9 Å². The number of rotatable bonds is 17. The minimum atomic E-state index is -1.05. The number of hydrogen-bond acceptors (Lipinski definition) is 11. The lowest BCUT2D eigenvalue weighted by molar-refractivity contribution is -0.139. The number of pyridine rings is 2. The Labute approximate surface area is 319 Å². The fourth-order valence-electron chi connectivity index (χ4n) is 6.96. The Morgan fingerprint density at radius 3 is 1.79 bits per heavy atom. The number of halogens is 2. The number of methoxy groups -OCH3 is 2. The molecule has 276 valence electrons. The Morgan fingerprint density at radius 2 is 1.33 bits per heavy atom. The molecular formula is C38H42Br2N4O8. The lowest BCUT2D eigenvalue weighted by Gasteiger charge is -2.19. The first-order valence-corrected chi connectivity index (χ1v) is 18.8. The quantitative estimate of drug-likeness (QED) is 0.0811. The minimum absolute atomic E-state index is 0.0505. The van der Waals surface area contributed by atoms with E-state index in [4.69, 9.17) is 29.2 Å². The number of carbonyl (C=O) groups is 1. The molecule has 6 rings (SSSR count). The molecular weight excluding hydrogens is 800 g/mol. The molecule has 0 saturated heterocycles. The van der Waals surface area contributed by atoms with E-state index in [1.807, 2.05) is 12.1 Å².